The summed E-state index contributed by atoms with van der Waals surface area (Å²) >= 11 is 0. The van der Waals surface area contributed by atoms with E-state index in [0.717, 1.165) is 10.8 Å². The molecule has 0 fully saturated rings. The lowest BCUT2D eigenvalue weighted by Crippen LogP contribution is -2.39. The Kier molecular flexibility index (Phi) is 7.30. The van der Waals surface area contributed by atoms with Crippen LogP contribution in [0.3, 0.4) is 0 Å². The van der Waals surface area contributed by atoms with Crippen LogP contribution in [0, 0.1) is 0 Å². The summed E-state index contributed by atoms with van der Waals surface area (Å²) in [5, 5.41) is 9.20. The lowest BCUT2D eigenvalue weighted by atomic mass is 10.1. The van der Waals surface area contributed by atoms with Crippen LogP contribution in [0.4, 0.5) is 0 Å². The van der Waals surface area contributed by atoms with E-state index in [1.807, 2.05) is 30.3 Å². The van der Waals surface area contributed by atoms with Crippen LogP contribution in [0.5, 0.6) is 0 Å². The zero-order valence-electron chi connectivity index (χ0n) is 14.9. The van der Waals surface area contributed by atoms with Crippen molar-refractivity contribution >= 4 is 34.5 Å². The van der Waals surface area contributed by atoms with Gasteiger partial charge in [0.2, 0.25) is 5.91 Å². The summed E-state index contributed by atoms with van der Waals surface area (Å²) in [6.07, 6.45) is 0. The molecule has 27 heavy (non-hydrogen) atoms. The van der Waals surface area contributed by atoms with Crippen LogP contribution in [0.25, 0.3) is 10.8 Å². The molecule has 0 spiro atoms. The second-order valence-electron chi connectivity index (χ2n) is 5.64. The minimum absolute atomic E-state index is 0.192. The van der Waals surface area contributed by atoms with Gasteiger partial charge in [-0.2, -0.15) is 0 Å². The first-order valence-corrected chi connectivity index (χ1v) is 8.45. The number of ether oxygens (including phenoxy) is 1. The molecule has 8 nitrogen and oxygen atoms in total. The minimum Gasteiger partial charge on any atom is -0.454 e. The molecule has 2 aromatic rings. The number of fused-ring (bicyclic) bond motifs is 1. The van der Waals surface area contributed by atoms with Gasteiger partial charge in [-0.3, -0.25) is 19.2 Å². The van der Waals surface area contributed by atoms with Gasteiger partial charge in [0.15, 0.2) is 6.61 Å². The van der Waals surface area contributed by atoms with Gasteiger partial charge in [-0.1, -0.05) is 30.3 Å². The number of rotatable bonds is 8. The van der Waals surface area contributed by atoms with Gasteiger partial charge < -0.3 is 20.7 Å². The SMILES string of the molecule is CCNC(=O)CNC(=O)COC(=O)CNC(=O)c1ccc2ccccc2c1. The van der Waals surface area contributed by atoms with Crippen LogP contribution in [-0.4, -0.2) is 49.9 Å². The highest BCUT2D eigenvalue weighted by atomic mass is 16.5. The van der Waals surface area contributed by atoms with Crippen molar-refractivity contribution in [1.29, 1.82) is 0 Å². The molecule has 0 saturated carbocycles. The Morgan fingerprint density at radius 3 is 2.33 bits per heavy atom. The zero-order valence-corrected chi connectivity index (χ0v) is 14.9. The third kappa shape index (κ3) is 6.43. The number of carbonyl (C=O) groups excluding carboxylic acids is 4. The van der Waals surface area contributed by atoms with E-state index < -0.39 is 24.4 Å². The van der Waals surface area contributed by atoms with Crippen molar-refractivity contribution in [2.45, 2.75) is 6.92 Å². The van der Waals surface area contributed by atoms with Gasteiger partial charge in [0.25, 0.3) is 11.8 Å². The fraction of sp³-hybridized carbons (Fsp3) is 0.263. The van der Waals surface area contributed by atoms with Gasteiger partial charge >= 0.3 is 5.97 Å². The molecule has 3 N–H and O–H groups in total. The lowest BCUT2D eigenvalue weighted by molar-refractivity contribution is -0.147. The van der Waals surface area contributed by atoms with Crippen LogP contribution < -0.4 is 16.0 Å². The highest BCUT2D eigenvalue weighted by Gasteiger charge is 2.12. The highest BCUT2D eigenvalue weighted by molar-refractivity contribution is 5.99. The van der Waals surface area contributed by atoms with Crippen molar-refractivity contribution in [2.24, 2.45) is 0 Å². The van der Waals surface area contributed by atoms with Crippen molar-refractivity contribution in [3.8, 4) is 0 Å². The van der Waals surface area contributed by atoms with E-state index in [-0.39, 0.29) is 19.0 Å². The molecule has 0 aliphatic rings. The number of hydrogen-bond donors (Lipinski definition) is 3. The normalized spacial score (nSPS) is 10.1. The minimum atomic E-state index is -0.753. The Morgan fingerprint density at radius 2 is 1.59 bits per heavy atom. The molecule has 0 saturated heterocycles. The Morgan fingerprint density at radius 1 is 0.852 bits per heavy atom. The molecule has 2 aromatic carbocycles. The first-order valence-electron chi connectivity index (χ1n) is 8.45. The first-order chi connectivity index (χ1) is 13.0. The van der Waals surface area contributed by atoms with E-state index >= 15 is 0 Å². The molecule has 142 valence electrons. The van der Waals surface area contributed by atoms with Gasteiger partial charge in [-0.15, -0.1) is 0 Å². The van der Waals surface area contributed by atoms with Crippen LogP contribution in [-0.2, 0) is 19.1 Å². The average molecular weight is 371 g/mol. The van der Waals surface area contributed by atoms with E-state index in [1.54, 1.807) is 19.1 Å². The van der Waals surface area contributed by atoms with Crippen LogP contribution >= 0.6 is 0 Å². The summed E-state index contributed by atoms with van der Waals surface area (Å²) in [4.78, 5) is 46.5. The molecule has 3 amide bonds. The van der Waals surface area contributed by atoms with Crippen molar-refractivity contribution in [3.63, 3.8) is 0 Å². The summed E-state index contributed by atoms with van der Waals surface area (Å²) in [5.41, 5.74) is 0.418. The van der Waals surface area contributed by atoms with E-state index in [2.05, 4.69) is 16.0 Å². The number of hydrogen-bond acceptors (Lipinski definition) is 5. The first kappa shape index (κ1) is 19.9. The molecule has 0 aliphatic carbocycles. The van der Waals surface area contributed by atoms with Gasteiger partial charge in [-0.25, -0.2) is 0 Å². The Bertz CT molecular complexity index is 850. The van der Waals surface area contributed by atoms with Gasteiger partial charge in [0.05, 0.1) is 6.54 Å². The standard InChI is InChI=1S/C19H21N3O5/c1-2-20-16(23)10-21-17(24)12-27-18(25)11-22-19(26)15-8-7-13-5-3-4-6-14(13)9-15/h3-9H,2,10-12H2,1H3,(H,20,23)(H,21,24)(H,22,26). The average Bonchev–Trinajstić information content (AvgIpc) is 2.68. The summed E-state index contributed by atoms with van der Waals surface area (Å²) in [5.74, 6) is -2.11. The third-order valence-electron chi connectivity index (χ3n) is 3.59. The van der Waals surface area contributed by atoms with Gasteiger partial charge in [0, 0.05) is 12.1 Å². The maximum absolute atomic E-state index is 12.1. The summed E-state index contributed by atoms with van der Waals surface area (Å²) in [6, 6.07) is 12.8. The quantitative estimate of drug-likeness (QED) is 0.580. The van der Waals surface area contributed by atoms with Crippen molar-refractivity contribution in [1.82, 2.24) is 16.0 Å². The summed E-state index contributed by atoms with van der Waals surface area (Å²) in [7, 11) is 0. The molecule has 0 radical (unpaired) electrons. The molecule has 8 heteroatoms. The molecule has 0 heterocycles. The summed E-state index contributed by atoms with van der Waals surface area (Å²) < 4.78 is 4.76. The number of benzene rings is 2. The fourth-order valence-corrected chi connectivity index (χ4v) is 2.27. The van der Waals surface area contributed by atoms with Crippen LogP contribution in [0.15, 0.2) is 42.5 Å². The van der Waals surface area contributed by atoms with Crippen molar-refractivity contribution < 1.29 is 23.9 Å². The predicted molar refractivity (Wildman–Crippen MR) is 98.9 cm³/mol. The predicted octanol–water partition coefficient (Wildman–Crippen LogP) is 0.365. The fourth-order valence-electron chi connectivity index (χ4n) is 2.27. The number of nitrogens with one attached hydrogen (secondary N) is 3. The molecule has 2 rings (SSSR count). The number of esters is 1. The molecule has 0 atom stereocenters. The maximum atomic E-state index is 12.1. The second kappa shape index (κ2) is 9.91. The number of carbonyl (C=O) groups is 4. The van der Waals surface area contributed by atoms with Crippen molar-refractivity contribution in [2.75, 3.05) is 26.2 Å². The van der Waals surface area contributed by atoms with E-state index in [9.17, 15) is 19.2 Å². The van der Waals surface area contributed by atoms with Gasteiger partial charge in [-0.05, 0) is 29.8 Å². The van der Waals surface area contributed by atoms with E-state index in [1.165, 1.54) is 0 Å². The topological polar surface area (TPSA) is 114 Å². The van der Waals surface area contributed by atoms with Gasteiger partial charge in [0.1, 0.15) is 6.54 Å². The van der Waals surface area contributed by atoms with Crippen LogP contribution in [0.2, 0.25) is 0 Å². The van der Waals surface area contributed by atoms with Crippen LogP contribution in [0.1, 0.15) is 17.3 Å². The largest absolute Gasteiger partial charge is 0.454 e. The zero-order chi connectivity index (χ0) is 19.6. The Balaban J connectivity index is 1.73. The number of amides is 3. The monoisotopic (exact) mass is 371 g/mol. The highest BCUT2D eigenvalue weighted by Crippen LogP contribution is 2.15. The van der Waals surface area contributed by atoms with E-state index in [0.29, 0.717) is 12.1 Å². The lowest BCUT2D eigenvalue weighted by Gasteiger charge is -2.08. The molecule has 0 bridgehead atoms. The maximum Gasteiger partial charge on any atom is 0.325 e. The molecular formula is C19H21N3O5. The Hall–Kier alpha value is -3.42. The number of likely N-dealkylation sites (N-methyl/N-ethyl adjacent to an activating group) is 1. The summed E-state index contributed by atoms with van der Waals surface area (Å²) in [6.45, 7) is 1.14. The third-order valence-corrected chi connectivity index (χ3v) is 3.59. The molecular weight excluding hydrogens is 350 g/mol. The second-order valence-corrected chi connectivity index (χ2v) is 5.64. The van der Waals surface area contributed by atoms with E-state index in [4.69, 9.17) is 4.74 Å². The smallest absolute Gasteiger partial charge is 0.325 e. The molecule has 0 aromatic heterocycles. The Labute approximate surface area is 156 Å². The van der Waals surface area contributed by atoms with Crippen molar-refractivity contribution in [3.05, 3.63) is 48.0 Å². The molecule has 0 unspecified atom stereocenters. The molecule has 0 aliphatic heterocycles.